The molecule has 0 spiro atoms. The summed E-state index contributed by atoms with van der Waals surface area (Å²) in [4.78, 5) is 28.3. The van der Waals surface area contributed by atoms with Gasteiger partial charge in [0.15, 0.2) is 12.3 Å². The number of aryl methyl sites for hydroxylation is 2. The lowest BCUT2D eigenvalue weighted by Gasteiger charge is -2.06. The van der Waals surface area contributed by atoms with Gasteiger partial charge in [-0.3, -0.25) is 4.79 Å². The van der Waals surface area contributed by atoms with Crippen molar-refractivity contribution in [1.82, 2.24) is 19.9 Å². The highest BCUT2D eigenvalue weighted by molar-refractivity contribution is 5.98. The number of hydrogen-bond acceptors (Lipinski definition) is 5. The van der Waals surface area contributed by atoms with Crippen molar-refractivity contribution in [1.29, 1.82) is 0 Å². The van der Waals surface area contributed by atoms with E-state index in [0.29, 0.717) is 17.9 Å². The Kier molecular flexibility index (Phi) is 5.58. The lowest BCUT2D eigenvalue weighted by atomic mass is 10.1. The molecule has 0 aliphatic rings. The molecular weight excluding hydrogens is 332 g/mol. The number of benzene rings is 1. The number of hydrogen-bond donors (Lipinski definition) is 1. The van der Waals surface area contributed by atoms with Crippen molar-refractivity contribution in [3.8, 4) is 0 Å². The Morgan fingerprint density at radius 3 is 2.81 bits per heavy atom. The molecule has 1 N–H and O–H groups in total. The molecule has 2 heterocycles. The predicted molar refractivity (Wildman–Crippen MR) is 95.8 cm³/mol. The Labute approximate surface area is 151 Å². The maximum Gasteiger partial charge on any atom is 0.344 e. The van der Waals surface area contributed by atoms with E-state index in [1.165, 1.54) is 10.1 Å². The second kappa shape index (κ2) is 8.24. The van der Waals surface area contributed by atoms with E-state index < -0.39 is 5.97 Å². The van der Waals surface area contributed by atoms with Crippen LogP contribution in [0.4, 0.5) is 0 Å². The topological polar surface area (TPSA) is 85.6 Å². The molecule has 7 nitrogen and oxygen atoms in total. The average Bonchev–Trinajstić information content (AvgIpc) is 3.00. The zero-order valence-corrected chi connectivity index (χ0v) is 14.5. The lowest BCUT2D eigenvalue weighted by Crippen LogP contribution is -2.29. The van der Waals surface area contributed by atoms with Gasteiger partial charge in [0.05, 0.1) is 5.69 Å². The minimum atomic E-state index is -0.601. The number of ether oxygens (including phenoxy) is 1. The zero-order valence-electron chi connectivity index (χ0n) is 14.5. The highest BCUT2D eigenvalue weighted by Crippen LogP contribution is 2.13. The molecule has 7 heteroatoms. The molecule has 0 aliphatic carbocycles. The van der Waals surface area contributed by atoms with Crippen molar-refractivity contribution in [3.05, 3.63) is 65.6 Å². The highest BCUT2D eigenvalue weighted by Gasteiger charge is 2.20. The van der Waals surface area contributed by atoms with E-state index in [2.05, 4.69) is 27.5 Å². The third-order valence-corrected chi connectivity index (χ3v) is 3.92. The van der Waals surface area contributed by atoms with Crippen LogP contribution in [0.5, 0.6) is 0 Å². The third-order valence-electron chi connectivity index (χ3n) is 3.92. The summed E-state index contributed by atoms with van der Waals surface area (Å²) < 4.78 is 6.62. The van der Waals surface area contributed by atoms with E-state index in [0.717, 1.165) is 12.8 Å². The first-order chi connectivity index (χ1) is 12.6. The standard InChI is InChI=1S/C19H20N4O3/c1-14-17(18-21-11-6-12-23(18)22-14)19(25)26-13-16(24)20-10-5-9-15-7-3-2-4-8-15/h2-4,6-8,11-12H,5,9-10,13H2,1H3,(H,20,24). The number of carbonyl (C=O) groups is 2. The van der Waals surface area contributed by atoms with Crippen LogP contribution in [0, 0.1) is 6.92 Å². The van der Waals surface area contributed by atoms with Gasteiger partial charge in [0, 0.05) is 18.9 Å². The monoisotopic (exact) mass is 352 g/mol. The summed E-state index contributed by atoms with van der Waals surface area (Å²) in [7, 11) is 0. The first kappa shape index (κ1) is 17.6. The van der Waals surface area contributed by atoms with Crippen molar-refractivity contribution in [3.63, 3.8) is 0 Å². The fraction of sp³-hybridized carbons (Fsp3) is 0.263. The van der Waals surface area contributed by atoms with E-state index in [1.807, 2.05) is 18.2 Å². The van der Waals surface area contributed by atoms with Gasteiger partial charge >= 0.3 is 5.97 Å². The number of nitrogens with one attached hydrogen (secondary N) is 1. The Morgan fingerprint density at radius 1 is 1.19 bits per heavy atom. The summed E-state index contributed by atoms with van der Waals surface area (Å²) in [5, 5.41) is 6.96. The maximum absolute atomic E-state index is 12.3. The molecule has 26 heavy (non-hydrogen) atoms. The van der Waals surface area contributed by atoms with Crippen LogP contribution < -0.4 is 5.32 Å². The SMILES string of the molecule is Cc1nn2cccnc2c1C(=O)OCC(=O)NCCCc1ccccc1. The predicted octanol–water partition coefficient (Wildman–Crippen LogP) is 1.94. The molecule has 0 radical (unpaired) electrons. The minimum absolute atomic E-state index is 0.280. The molecule has 0 bridgehead atoms. The van der Waals surface area contributed by atoms with Gasteiger partial charge in [-0.15, -0.1) is 0 Å². The van der Waals surface area contributed by atoms with Crippen LogP contribution in [0.3, 0.4) is 0 Å². The van der Waals surface area contributed by atoms with Gasteiger partial charge in [-0.1, -0.05) is 30.3 Å². The lowest BCUT2D eigenvalue weighted by molar-refractivity contribution is -0.124. The molecule has 0 unspecified atom stereocenters. The molecule has 0 fully saturated rings. The molecule has 0 saturated carbocycles. The number of aromatic nitrogens is 3. The number of rotatable bonds is 7. The van der Waals surface area contributed by atoms with Gasteiger partial charge in [-0.2, -0.15) is 5.10 Å². The molecule has 0 aliphatic heterocycles. The average molecular weight is 352 g/mol. The molecule has 1 aromatic carbocycles. The second-order valence-electron chi connectivity index (χ2n) is 5.86. The normalized spacial score (nSPS) is 10.7. The molecule has 0 atom stereocenters. The number of amides is 1. The van der Waals surface area contributed by atoms with Crippen LogP contribution in [-0.4, -0.2) is 39.6 Å². The molecular formula is C19H20N4O3. The Morgan fingerprint density at radius 2 is 2.00 bits per heavy atom. The fourth-order valence-electron chi connectivity index (χ4n) is 2.65. The van der Waals surface area contributed by atoms with E-state index in [-0.39, 0.29) is 18.1 Å². The smallest absolute Gasteiger partial charge is 0.344 e. The van der Waals surface area contributed by atoms with Crippen LogP contribution in [0.2, 0.25) is 0 Å². The summed E-state index contributed by atoms with van der Waals surface area (Å²) in [5.41, 5.74) is 2.43. The maximum atomic E-state index is 12.3. The van der Waals surface area contributed by atoms with Gasteiger partial charge in [0.2, 0.25) is 0 Å². The van der Waals surface area contributed by atoms with Gasteiger partial charge in [-0.25, -0.2) is 14.3 Å². The van der Waals surface area contributed by atoms with Gasteiger partial charge in [0.25, 0.3) is 5.91 Å². The van der Waals surface area contributed by atoms with Crippen LogP contribution in [0.1, 0.15) is 28.0 Å². The molecule has 2 aromatic heterocycles. The van der Waals surface area contributed by atoms with E-state index in [1.54, 1.807) is 25.4 Å². The second-order valence-corrected chi connectivity index (χ2v) is 5.86. The van der Waals surface area contributed by atoms with Crippen molar-refractivity contribution in [2.45, 2.75) is 19.8 Å². The Hall–Kier alpha value is -3.22. The molecule has 0 saturated heterocycles. The third kappa shape index (κ3) is 4.24. The van der Waals surface area contributed by atoms with Crippen molar-refractivity contribution in [2.24, 2.45) is 0 Å². The van der Waals surface area contributed by atoms with Crippen molar-refractivity contribution >= 4 is 17.5 Å². The van der Waals surface area contributed by atoms with Crippen molar-refractivity contribution < 1.29 is 14.3 Å². The van der Waals surface area contributed by atoms with E-state index >= 15 is 0 Å². The zero-order chi connectivity index (χ0) is 18.4. The number of esters is 1. The van der Waals surface area contributed by atoms with E-state index in [4.69, 9.17) is 4.74 Å². The number of fused-ring (bicyclic) bond motifs is 1. The molecule has 3 rings (SSSR count). The quantitative estimate of drug-likeness (QED) is 0.519. The van der Waals surface area contributed by atoms with Gasteiger partial charge in [-0.05, 0) is 31.4 Å². The Bertz CT molecular complexity index is 906. The first-order valence-electron chi connectivity index (χ1n) is 8.43. The van der Waals surface area contributed by atoms with Gasteiger partial charge < -0.3 is 10.1 Å². The minimum Gasteiger partial charge on any atom is -0.452 e. The highest BCUT2D eigenvalue weighted by atomic mass is 16.5. The van der Waals surface area contributed by atoms with Crippen molar-refractivity contribution in [2.75, 3.05) is 13.2 Å². The largest absolute Gasteiger partial charge is 0.452 e. The summed E-state index contributed by atoms with van der Waals surface area (Å²) in [6.07, 6.45) is 4.98. The van der Waals surface area contributed by atoms with Crippen LogP contribution in [-0.2, 0) is 16.0 Å². The summed E-state index contributed by atoms with van der Waals surface area (Å²) in [5.74, 6) is -0.927. The first-order valence-corrected chi connectivity index (χ1v) is 8.43. The number of carbonyl (C=O) groups excluding carboxylic acids is 2. The van der Waals surface area contributed by atoms with Gasteiger partial charge in [0.1, 0.15) is 5.56 Å². The summed E-state index contributed by atoms with van der Waals surface area (Å²) in [6, 6.07) is 11.8. The van der Waals surface area contributed by atoms with E-state index in [9.17, 15) is 9.59 Å². The van der Waals surface area contributed by atoms with Crippen LogP contribution >= 0.6 is 0 Å². The number of nitrogens with zero attached hydrogens (tertiary/aromatic N) is 3. The molecule has 1 amide bonds. The van der Waals surface area contributed by atoms with Crippen LogP contribution in [0.25, 0.3) is 5.65 Å². The fourth-order valence-corrected chi connectivity index (χ4v) is 2.65. The summed E-state index contributed by atoms with van der Waals surface area (Å²) in [6.45, 7) is 1.91. The molecule has 134 valence electrons. The Balaban J connectivity index is 1.45. The summed E-state index contributed by atoms with van der Waals surface area (Å²) >= 11 is 0. The molecule has 3 aromatic rings. The van der Waals surface area contributed by atoms with Crippen LogP contribution in [0.15, 0.2) is 48.8 Å².